The molecule has 4 aromatic heterocycles. The molecular weight excluding hydrogens is 1830 g/mol. The highest BCUT2D eigenvalue weighted by Gasteiger charge is 2.44. The van der Waals surface area contributed by atoms with Gasteiger partial charge in [0.1, 0.15) is 0 Å². The van der Waals surface area contributed by atoms with Crippen molar-refractivity contribution < 1.29 is 0 Å². The van der Waals surface area contributed by atoms with E-state index in [2.05, 4.69) is 571 Å². The van der Waals surface area contributed by atoms with Gasteiger partial charge in [0.2, 0.25) is 0 Å². The number of thiophene rings is 1. The SMILES string of the molecule is C.C.CC1(C)c2ccccc2-c2ccc(N3c4ccccc4C(C)(C)c4cc(-c5ccc(-n6c7ccccc7c7ccccc76)cc5)ccc43)cc21.CC1(C)c2ccccc2-c2ccc(N3c4ccccc4C(C)(C)c4cc(-c5cccc(-n6c7ccccc7c7ccccc76)c5)ccc43)cc21.CC1(C)c2ccccc2N(c2ccc3sc4ccccc4c3c2)c2ccc(-c3ccc(-n4c5ccccc5c5ccccc54)cc3)cc21. The first-order valence-corrected chi connectivity index (χ1v) is 52.8. The molecule has 150 heavy (non-hydrogen) atoms. The van der Waals surface area contributed by atoms with Crippen molar-refractivity contribution in [3.8, 4) is 72.7 Å². The Kier molecular flexibility index (Phi) is 21.5. The number of para-hydroxylation sites is 9. The third-order valence-corrected chi connectivity index (χ3v) is 34.7. The Morgan fingerprint density at radius 1 is 0.153 bits per heavy atom. The highest BCUT2D eigenvalue weighted by molar-refractivity contribution is 7.25. The summed E-state index contributed by atoms with van der Waals surface area (Å²) in [5.41, 5.74) is 47.7. The maximum absolute atomic E-state index is 2.49. The van der Waals surface area contributed by atoms with Gasteiger partial charge >= 0.3 is 0 Å². The van der Waals surface area contributed by atoms with E-state index in [-0.39, 0.29) is 41.9 Å². The fourth-order valence-corrected chi connectivity index (χ4v) is 27.1. The van der Waals surface area contributed by atoms with Crippen LogP contribution in [0.2, 0.25) is 0 Å². The number of hydrogen-bond acceptors (Lipinski definition) is 4. The van der Waals surface area contributed by atoms with Gasteiger partial charge in [0.05, 0.1) is 67.2 Å². The first-order valence-electron chi connectivity index (χ1n) is 52.0. The lowest BCUT2D eigenvalue weighted by Crippen LogP contribution is -2.30. The van der Waals surface area contributed by atoms with E-state index in [1.165, 1.54) is 265 Å². The summed E-state index contributed by atoms with van der Waals surface area (Å²) < 4.78 is 9.83. The Morgan fingerprint density at radius 2 is 0.413 bits per heavy atom. The van der Waals surface area contributed by atoms with Crippen molar-refractivity contribution in [1.29, 1.82) is 0 Å². The van der Waals surface area contributed by atoms with Crippen LogP contribution in [0.5, 0.6) is 0 Å². The number of fused-ring (bicyclic) bond motifs is 24. The van der Waals surface area contributed by atoms with Crippen LogP contribution in [0.25, 0.3) is 158 Å². The lowest BCUT2D eigenvalue weighted by molar-refractivity contribution is 0.631. The smallest absolute Gasteiger partial charge is 0.0541 e. The molecule has 2 aliphatic carbocycles. The van der Waals surface area contributed by atoms with Gasteiger partial charge in [-0.05, 0) is 287 Å². The zero-order chi connectivity index (χ0) is 99.5. The second-order valence-corrected chi connectivity index (χ2v) is 44.5. The number of rotatable bonds is 9. The molecule has 0 amide bonds. The predicted molar refractivity (Wildman–Crippen MR) is 641 cm³/mol. The van der Waals surface area contributed by atoms with Gasteiger partial charge in [-0.2, -0.15) is 0 Å². The number of nitrogens with zero attached hydrogens (tertiary/aromatic N) is 6. The molecule has 0 saturated heterocycles. The van der Waals surface area contributed by atoms with Crippen LogP contribution in [0.4, 0.5) is 51.2 Å². The van der Waals surface area contributed by atoms with Gasteiger partial charge in [0.15, 0.2) is 0 Å². The van der Waals surface area contributed by atoms with Gasteiger partial charge in [-0.25, -0.2) is 0 Å². The summed E-state index contributed by atoms with van der Waals surface area (Å²) >= 11 is 1.87. The number of benzene rings is 21. The fraction of sp³-hybridized carbons (Fsp3) is 0.119. The Labute approximate surface area is 882 Å². The molecule has 0 bridgehead atoms. The van der Waals surface area contributed by atoms with Crippen LogP contribution >= 0.6 is 11.3 Å². The quantitative estimate of drug-likeness (QED) is 0.144. The number of hydrogen-bond donors (Lipinski definition) is 0. The lowest BCUT2D eigenvalue weighted by atomic mass is 9.72. The maximum Gasteiger partial charge on any atom is 0.0541 e. The highest BCUT2D eigenvalue weighted by atomic mass is 32.1. The van der Waals surface area contributed by atoms with Crippen molar-refractivity contribution in [2.24, 2.45) is 0 Å². The van der Waals surface area contributed by atoms with Gasteiger partial charge in [0.25, 0.3) is 0 Å². The minimum absolute atomic E-state index is 0. The maximum atomic E-state index is 2.49. The Morgan fingerprint density at radius 3 is 0.793 bits per heavy atom. The molecule has 0 spiro atoms. The molecule has 25 aromatic rings. The van der Waals surface area contributed by atoms with Crippen molar-refractivity contribution in [1.82, 2.24) is 13.7 Å². The topological polar surface area (TPSA) is 24.5 Å². The summed E-state index contributed by atoms with van der Waals surface area (Å²) in [6.45, 7) is 23.7. The standard InChI is InChI=1S/2C48H38N2.C45H32N2S.2CH4/c1-47(2)39-19-8-5-16-35(39)36-26-25-34(30-41(36)47)50-45-23-12-9-20-40(45)48(3,4)42-29-32(24-27-46(42)50)31-14-13-15-33(28-31)49-43-21-10-6-17-37(43)38-18-7-11-22-44(38)49;1-47(2)39-16-8-5-13-35(39)36-27-26-34(30-41(36)47)50-45-20-12-9-17-40(45)48(3,4)42-29-32(23-28-46(42)50)31-21-24-33(25-22-31)49-43-18-10-6-14-37(43)38-15-7-11-19-44(38)49;1-45(2)37-14-6-9-17-41(37)47(32-24-26-44-36(28-32)35-13-5-10-18-43(35)48-44)42-25-21-30(27-38(42)45)29-19-22-31(23-20-29)46-39-15-7-3-11-33(39)34-12-4-8-16-40(34)46;;/h2*5-30H,1-4H3;3-28H,1-2H3;2*1H4. The van der Waals surface area contributed by atoms with E-state index in [0.717, 1.165) is 0 Å². The van der Waals surface area contributed by atoms with Gasteiger partial charge in [-0.1, -0.05) is 381 Å². The lowest BCUT2D eigenvalue weighted by Gasteiger charge is -2.42. The molecule has 5 aliphatic rings. The molecule has 0 N–H and O–H groups in total. The van der Waals surface area contributed by atoms with Crippen molar-refractivity contribution in [2.45, 2.75) is 111 Å². The largest absolute Gasteiger partial charge is 0.310 e. The molecule has 30 rings (SSSR count). The van der Waals surface area contributed by atoms with E-state index in [4.69, 9.17) is 0 Å². The van der Waals surface area contributed by atoms with Crippen molar-refractivity contribution in [3.05, 3.63) is 529 Å². The monoisotopic (exact) mass is 1950 g/mol. The molecule has 7 heterocycles. The van der Waals surface area contributed by atoms with E-state index in [1.807, 2.05) is 11.3 Å². The molecular formula is C143H116N6S. The predicted octanol–water partition coefficient (Wildman–Crippen LogP) is 39.9. The summed E-state index contributed by atoms with van der Waals surface area (Å²) in [5, 5.41) is 10.3. The average molecular weight is 1950 g/mol. The van der Waals surface area contributed by atoms with Crippen molar-refractivity contribution >= 4 is 148 Å². The van der Waals surface area contributed by atoms with Gasteiger partial charge in [-0.15, -0.1) is 11.3 Å². The Bertz CT molecular complexity index is 9650. The number of anilines is 9. The first kappa shape index (κ1) is 92.5. The van der Waals surface area contributed by atoms with E-state index in [1.54, 1.807) is 0 Å². The van der Waals surface area contributed by atoms with Crippen LogP contribution < -0.4 is 14.7 Å². The van der Waals surface area contributed by atoms with Gasteiger partial charge in [0, 0.05) is 114 Å². The summed E-state index contributed by atoms with van der Waals surface area (Å²) in [4.78, 5) is 7.45. The minimum atomic E-state index is -0.185. The average Bonchev–Trinajstić information content (AvgIpc) is 1.24. The molecule has 3 aliphatic heterocycles. The van der Waals surface area contributed by atoms with Crippen LogP contribution in [0.3, 0.4) is 0 Å². The van der Waals surface area contributed by atoms with Crippen molar-refractivity contribution in [3.63, 3.8) is 0 Å². The molecule has 0 atom stereocenters. The van der Waals surface area contributed by atoms with Crippen LogP contribution in [-0.2, 0) is 27.1 Å². The summed E-state index contributed by atoms with van der Waals surface area (Å²) in [5.74, 6) is 0. The van der Waals surface area contributed by atoms with Crippen LogP contribution in [0.1, 0.15) is 140 Å². The molecule has 0 radical (unpaired) electrons. The molecule has 7 heteroatoms. The van der Waals surface area contributed by atoms with Crippen LogP contribution in [-0.4, -0.2) is 13.7 Å². The third-order valence-electron chi connectivity index (χ3n) is 33.6. The van der Waals surface area contributed by atoms with E-state index in [9.17, 15) is 0 Å². The third kappa shape index (κ3) is 14.1. The second kappa shape index (κ2) is 34.9. The summed E-state index contributed by atoms with van der Waals surface area (Å²) in [7, 11) is 0. The highest BCUT2D eigenvalue weighted by Crippen LogP contribution is 2.61. The summed E-state index contributed by atoms with van der Waals surface area (Å²) in [6.07, 6.45) is 0. The molecule has 0 unspecified atom stereocenters. The number of aromatic nitrogens is 3. The second-order valence-electron chi connectivity index (χ2n) is 43.5. The Balaban J connectivity index is 0.000000113. The zero-order valence-electron chi connectivity index (χ0n) is 84.6. The molecule has 0 fully saturated rings. The van der Waals surface area contributed by atoms with Gasteiger partial charge in [-0.3, -0.25) is 0 Å². The molecule has 21 aromatic carbocycles. The molecule has 6 nitrogen and oxygen atoms in total. The Hall–Kier alpha value is -17.4. The molecule has 724 valence electrons. The molecule has 0 saturated carbocycles. The zero-order valence-corrected chi connectivity index (χ0v) is 85.4. The first-order chi connectivity index (χ1) is 72.2. The van der Waals surface area contributed by atoms with Crippen molar-refractivity contribution in [2.75, 3.05) is 14.7 Å². The normalized spacial score (nSPS) is 14.5. The van der Waals surface area contributed by atoms with E-state index >= 15 is 0 Å². The fourth-order valence-electron chi connectivity index (χ4n) is 26.0. The van der Waals surface area contributed by atoms with E-state index in [0.29, 0.717) is 0 Å². The van der Waals surface area contributed by atoms with Crippen LogP contribution in [0.15, 0.2) is 473 Å². The van der Waals surface area contributed by atoms with Gasteiger partial charge < -0.3 is 28.4 Å². The van der Waals surface area contributed by atoms with E-state index < -0.39 is 0 Å². The summed E-state index contributed by atoms with van der Waals surface area (Å²) in [6, 6.07) is 175. The minimum Gasteiger partial charge on any atom is -0.310 e. The van der Waals surface area contributed by atoms with Crippen LogP contribution in [0, 0.1) is 0 Å².